The normalized spacial score (nSPS) is 18.4. The molecule has 0 spiro atoms. The third kappa shape index (κ3) is 1.12. The van der Waals surface area contributed by atoms with Gasteiger partial charge in [0.15, 0.2) is 5.75 Å². The van der Waals surface area contributed by atoms with Gasteiger partial charge in [-0.3, -0.25) is 0 Å². The SMILES string of the molecule is c1nscc1OC1CNC1. The lowest BCUT2D eigenvalue weighted by atomic mass is 10.2. The molecule has 10 heavy (non-hydrogen) atoms. The summed E-state index contributed by atoms with van der Waals surface area (Å²) in [4.78, 5) is 0. The lowest BCUT2D eigenvalue weighted by Gasteiger charge is -2.26. The van der Waals surface area contributed by atoms with Crippen LogP contribution in [0.4, 0.5) is 0 Å². The van der Waals surface area contributed by atoms with Crippen LogP contribution in [0.5, 0.6) is 5.75 Å². The standard InChI is InChI=1S/C6H8N2OS/c1-5(2-7-1)9-6-3-8-10-4-6/h3-5,7H,1-2H2. The van der Waals surface area contributed by atoms with Crippen LogP contribution in [-0.4, -0.2) is 23.6 Å². The Morgan fingerprint density at radius 3 is 3.10 bits per heavy atom. The molecule has 1 aliphatic heterocycles. The minimum absolute atomic E-state index is 0.372. The lowest BCUT2D eigenvalue weighted by molar-refractivity contribution is 0.142. The van der Waals surface area contributed by atoms with Gasteiger partial charge in [0.1, 0.15) is 6.10 Å². The van der Waals surface area contributed by atoms with Gasteiger partial charge >= 0.3 is 0 Å². The summed E-state index contributed by atoms with van der Waals surface area (Å²) in [5.41, 5.74) is 0. The largest absolute Gasteiger partial charge is 0.485 e. The first-order valence-electron chi connectivity index (χ1n) is 3.22. The van der Waals surface area contributed by atoms with Crippen molar-refractivity contribution in [2.45, 2.75) is 6.10 Å². The van der Waals surface area contributed by atoms with Gasteiger partial charge in [-0.1, -0.05) is 0 Å². The molecule has 0 unspecified atom stereocenters. The summed E-state index contributed by atoms with van der Waals surface area (Å²) in [5.74, 6) is 0.900. The van der Waals surface area contributed by atoms with Crippen molar-refractivity contribution in [3.05, 3.63) is 11.6 Å². The fourth-order valence-electron chi connectivity index (χ4n) is 0.791. The van der Waals surface area contributed by atoms with E-state index in [1.54, 1.807) is 6.20 Å². The van der Waals surface area contributed by atoms with Crippen molar-refractivity contribution in [1.29, 1.82) is 0 Å². The van der Waals surface area contributed by atoms with Crippen LogP contribution >= 0.6 is 11.5 Å². The maximum absolute atomic E-state index is 5.48. The third-order valence-corrected chi connectivity index (χ3v) is 2.02. The summed E-state index contributed by atoms with van der Waals surface area (Å²) in [6.45, 7) is 1.94. The summed E-state index contributed by atoms with van der Waals surface area (Å²) >= 11 is 1.42. The lowest BCUT2D eigenvalue weighted by Crippen LogP contribution is -2.50. The van der Waals surface area contributed by atoms with E-state index in [4.69, 9.17) is 4.74 Å². The van der Waals surface area contributed by atoms with Gasteiger partial charge in [-0.25, -0.2) is 0 Å². The van der Waals surface area contributed by atoms with E-state index < -0.39 is 0 Å². The van der Waals surface area contributed by atoms with Gasteiger partial charge in [-0.2, -0.15) is 4.37 Å². The smallest absolute Gasteiger partial charge is 0.150 e. The Bertz CT molecular complexity index is 196. The van der Waals surface area contributed by atoms with Crippen LogP contribution in [0.25, 0.3) is 0 Å². The van der Waals surface area contributed by atoms with E-state index >= 15 is 0 Å². The van der Waals surface area contributed by atoms with E-state index in [0.29, 0.717) is 6.10 Å². The molecule has 4 heteroatoms. The molecule has 54 valence electrons. The second-order valence-corrected chi connectivity index (χ2v) is 2.92. The average Bonchev–Trinajstić information content (AvgIpc) is 2.29. The maximum atomic E-state index is 5.48. The van der Waals surface area contributed by atoms with Gasteiger partial charge < -0.3 is 10.1 Å². The molecule has 0 atom stereocenters. The Morgan fingerprint density at radius 1 is 1.70 bits per heavy atom. The summed E-state index contributed by atoms with van der Waals surface area (Å²) in [5, 5.41) is 5.05. The predicted molar refractivity (Wildman–Crippen MR) is 39.4 cm³/mol. The van der Waals surface area contributed by atoms with E-state index in [0.717, 1.165) is 18.8 Å². The molecule has 0 radical (unpaired) electrons. The molecule has 1 N–H and O–H groups in total. The molecule has 1 aromatic rings. The topological polar surface area (TPSA) is 34.1 Å². The Hall–Kier alpha value is -0.610. The Labute approximate surface area is 63.2 Å². The molecule has 2 heterocycles. The molecule has 0 aromatic carbocycles. The molecule has 2 rings (SSSR count). The van der Waals surface area contributed by atoms with Gasteiger partial charge in [-0.05, 0) is 11.5 Å². The van der Waals surface area contributed by atoms with E-state index in [9.17, 15) is 0 Å². The van der Waals surface area contributed by atoms with Crippen LogP contribution in [0.15, 0.2) is 11.6 Å². The van der Waals surface area contributed by atoms with Crippen LogP contribution in [0, 0.1) is 0 Å². The number of hydrogen-bond donors (Lipinski definition) is 1. The molecule has 0 amide bonds. The van der Waals surface area contributed by atoms with Gasteiger partial charge in [-0.15, -0.1) is 0 Å². The van der Waals surface area contributed by atoms with Gasteiger partial charge in [0.05, 0.1) is 11.6 Å². The molecule has 1 saturated heterocycles. The first-order valence-corrected chi connectivity index (χ1v) is 4.05. The van der Waals surface area contributed by atoms with Crippen LogP contribution in [0.1, 0.15) is 0 Å². The fraction of sp³-hybridized carbons (Fsp3) is 0.500. The average molecular weight is 156 g/mol. The van der Waals surface area contributed by atoms with E-state index in [-0.39, 0.29) is 0 Å². The number of rotatable bonds is 2. The molecule has 0 aliphatic carbocycles. The number of nitrogens with zero attached hydrogens (tertiary/aromatic N) is 1. The second-order valence-electron chi connectivity index (χ2n) is 2.26. The fourth-order valence-corrected chi connectivity index (χ4v) is 1.24. The molecule has 3 nitrogen and oxygen atoms in total. The van der Waals surface area contributed by atoms with Crippen LogP contribution in [-0.2, 0) is 0 Å². The zero-order valence-corrected chi connectivity index (χ0v) is 6.23. The molecule has 1 aromatic heterocycles. The van der Waals surface area contributed by atoms with Crippen molar-refractivity contribution in [3.63, 3.8) is 0 Å². The van der Waals surface area contributed by atoms with Gasteiger partial charge in [0.2, 0.25) is 0 Å². The van der Waals surface area contributed by atoms with Crippen LogP contribution in [0.3, 0.4) is 0 Å². The van der Waals surface area contributed by atoms with E-state index in [1.807, 2.05) is 5.38 Å². The van der Waals surface area contributed by atoms with Crippen LogP contribution in [0.2, 0.25) is 0 Å². The quantitative estimate of drug-likeness (QED) is 0.676. The van der Waals surface area contributed by atoms with Gasteiger partial charge in [0.25, 0.3) is 0 Å². The molecule has 0 saturated carbocycles. The summed E-state index contributed by atoms with van der Waals surface area (Å²) < 4.78 is 9.41. The monoisotopic (exact) mass is 156 g/mol. The molecule has 1 aliphatic rings. The molecular weight excluding hydrogens is 148 g/mol. The number of hydrogen-bond acceptors (Lipinski definition) is 4. The van der Waals surface area contributed by atoms with Crippen molar-refractivity contribution in [2.24, 2.45) is 0 Å². The summed E-state index contributed by atoms with van der Waals surface area (Å²) in [6.07, 6.45) is 2.12. The van der Waals surface area contributed by atoms with E-state index in [1.165, 1.54) is 11.5 Å². The third-order valence-electron chi connectivity index (χ3n) is 1.46. The number of nitrogens with one attached hydrogen (secondary N) is 1. The highest BCUT2D eigenvalue weighted by Gasteiger charge is 2.18. The van der Waals surface area contributed by atoms with Crippen molar-refractivity contribution >= 4 is 11.5 Å². The van der Waals surface area contributed by atoms with Crippen molar-refractivity contribution in [2.75, 3.05) is 13.1 Å². The van der Waals surface area contributed by atoms with Crippen molar-refractivity contribution < 1.29 is 4.74 Å². The van der Waals surface area contributed by atoms with E-state index in [2.05, 4.69) is 9.69 Å². The molecular formula is C6H8N2OS. The highest BCUT2D eigenvalue weighted by molar-refractivity contribution is 7.03. The highest BCUT2D eigenvalue weighted by atomic mass is 32.1. The first-order chi connectivity index (χ1) is 4.95. The van der Waals surface area contributed by atoms with Crippen LogP contribution < -0.4 is 10.1 Å². The first kappa shape index (κ1) is 6.12. The summed E-state index contributed by atoms with van der Waals surface area (Å²) in [7, 11) is 0. The molecule has 1 fully saturated rings. The zero-order valence-electron chi connectivity index (χ0n) is 5.41. The number of aromatic nitrogens is 1. The second kappa shape index (κ2) is 2.56. The highest BCUT2D eigenvalue weighted by Crippen LogP contribution is 2.14. The van der Waals surface area contributed by atoms with Gasteiger partial charge in [0, 0.05) is 13.1 Å². The predicted octanol–water partition coefficient (Wildman–Crippen LogP) is 0.494. The summed E-state index contributed by atoms with van der Waals surface area (Å²) in [6, 6.07) is 0. The zero-order chi connectivity index (χ0) is 6.81. The minimum atomic E-state index is 0.372. The Balaban J connectivity index is 1.90. The number of ether oxygens (including phenoxy) is 1. The minimum Gasteiger partial charge on any atom is -0.485 e. The van der Waals surface area contributed by atoms with Crippen molar-refractivity contribution in [1.82, 2.24) is 9.69 Å². The van der Waals surface area contributed by atoms with Crippen molar-refractivity contribution in [3.8, 4) is 5.75 Å². The maximum Gasteiger partial charge on any atom is 0.150 e. The Kier molecular flexibility index (Phi) is 1.56. The Morgan fingerprint density at radius 2 is 2.60 bits per heavy atom. The molecule has 0 bridgehead atoms.